The Morgan fingerprint density at radius 3 is 2.86 bits per heavy atom. The topological polar surface area (TPSA) is 48.1 Å². The lowest BCUT2D eigenvalue weighted by molar-refractivity contribution is -0.120. The fraction of sp³-hybridized carbons (Fsp3) is 0.500. The van der Waals surface area contributed by atoms with Crippen molar-refractivity contribution in [2.45, 2.75) is 31.6 Å². The van der Waals surface area contributed by atoms with Crippen LogP contribution in [0.4, 0.5) is 0 Å². The highest BCUT2D eigenvalue weighted by Crippen LogP contribution is 2.33. The van der Waals surface area contributed by atoms with Crippen LogP contribution in [-0.4, -0.2) is 43.0 Å². The van der Waals surface area contributed by atoms with Gasteiger partial charge in [0.1, 0.15) is 0 Å². The summed E-state index contributed by atoms with van der Waals surface area (Å²) in [6.07, 6.45) is 5.99. The van der Waals surface area contributed by atoms with Crippen LogP contribution < -0.4 is 5.32 Å². The van der Waals surface area contributed by atoms with E-state index in [-0.39, 0.29) is 5.91 Å². The predicted octanol–water partition coefficient (Wildman–Crippen LogP) is 2.66. The van der Waals surface area contributed by atoms with Crippen molar-refractivity contribution in [1.82, 2.24) is 15.2 Å². The van der Waals surface area contributed by atoms with Crippen molar-refractivity contribution in [3.8, 4) is 0 Å². The quantitative estimate of drug-likeness (QED) is 0.912. The minimum atomic E-state index is 0.102. The van der Waals surface area contributed by atoms with Gasteiger partial charge in [0.05, 0.1) is 0 Å². The Morgan fingerprint density at radius 2 is 2.14 bits per heavy atom. The largest absolute Gasteiger partial charge is 0.361 e. The molecule has 2 N–H and O–H groups in total. The maximum Gasteiger partial charge on any atom is 0.220 e. The number of aryl methyl sites for hydroxylation is 1. The molecule has 1 aliphatic heterocycles. The summed E-state index contributed by atoms with van der Waals surface area (Å²) in [6.45, 7) is 2.35. The first-order valence-corrected chi connectivity index (χ1v) is 8.16. The second kappa shape index (κ2) is 6.53. The molecule has 22 heavy (non-hydrogen) atoms. The van der Waals surface area contributed by atoms with Gasteiger partial charge in [-0.05, 0) is 68.6 Å². The zero-order valence-corrected chi connectivity index (χ0v) is 13.5. The van der Waals surface area contributed by atoms with Crippen LogP contribution in [0.25, 0.3) is 10.9 Å². The summed E-state index contributed by atoms with van der Waals surface area (Å²) in [5.41, 5.74) is 3.90. The summed E-state index contributed by atoms with van der Waals surface area (Å²) in [7, 11) is 3.89. The second-order valence-electron chi connectivity index (χ2n) is 6.37. The van der Waals surface area contributed by atoms with Crippen LogP contribution in [0.1, 0.15) is 36.3 Å². The minimum Gasteiger partial charge on any atom is -0.361 e. The Morgan fingerprint density at radius 1 is 1.36 bits per heavy atom. The number of nitrogens with zero attached hydrogens (tertiary/aromatic N) is 1. The van der Waals surface area contributed by atoms with E-state index in [0.29, 0.717) is 12.3 Å². The summed E-state index contributed by atoms with van der Waals surface area (Å²) < 4.78 is 0. The number of rotatable bonds is 4. The number of likely N-dealkylation sites (tertiary alicyclic amines) is 1. The molecule has 0 spiro atoms. The van der Waals surface area contributed by atoms with E-state index in [4.69, 9.17) is 0 Å². The molecule has 0 unspecified atom stereocenters. The van der Waals surface area contributed by atoms with Gasteiger partial charge in [0.2, 0.25) is 5.91 Å². The Kier molecular flexibility index (Phi) is 4.48. The maximum atomic E-state index is 11.4. The van der Waals surface area contributed by atoms with Crippen molar-refractivity contribution >= 4 is 16.8 Å². The first-order chi connectivity index (χ1) is 10.7. The number of aromatic nitrogens is 1. The van der Waals surface area contributed by atoms with E-state index in [2.05, 4.69) is 46.6 Å². The number of piperidine rings is 1. The number of benzene rings is 1. The number of hydrogen-bond donors (Lipinski definition) is 2. The zero-order chi connectivity index (χ0) is 15.5. The molecule has 4 nitrogen and oxygen atoms in total. The molecular formula is C18H25N3O. The monoisotopic (exact) mass is 299 g/mol. The molecule has 1 aromatic heterocycles. The summed E-state index contributed by atoms with van der Waals surface area (Å²) in [5, 5.41) is 4.02. The molecule has 1 aliphatic rings. The smallest absolute Gasteiger partial charge is 0.220 e. The highest BCUT2D eigenvalue weighted by molar-refractivity contribution is 5.84. The summed E-state index contributed by atoms with van der Waals surface area (Å²) in [4.78, 5) is 17.2. The van der Waals surface area contributed by atoms with Crippen molar-refractivity contribution in [1.29, 1.82) is 0 Å². The van der Waals surface area contributed by atoms with Crippen molar-refractivity contribution in [2.75, 3.05) is 27.2 Å². The SMILES string of the molecule is CNC(=O)CCc1ccc2[nH]cc(C3CCN(C)CC3)c2c1. The van der Waals surface area contributed by atoms with Crippen LogP contribution in [0.15, 0.2) is 24.4 Å². The van der Waals surface area contributed by atoms with Crippen LogP contribution in [0.5, 0.6) is 0 Å². The standard InChI is InChI=1S/C18H25N3O/c1-19-18(22)6-4-13-3-5-17-15(11-13)16(12-20-17)14-7-9-21(2)10-8-14/h3,5,11-12,14,20H,4,6-10H2,1-2H3,(H,19,22). The molecule has 0 saturated carbocycles. The van der Waals surface area contributed by atoms with Crippen molar-refractivity contribution in [2.24, 2.45) is 0 Å². The first kappa shape index (κ1) is 15.1. The van der Waals surface area contributed by atoms with Gasteiger partial charge in [-0.25, -0.2) is 0 Å². The Hall–Kier alpha value is -1.81. The molecule has 0 radical (unpaired) electrons. The van der Waals surface area contributed by atoms with Crippen molar-refractivity contribution in [3.63, 3.8) is 0 Å². The molecule has 1 amide bonds. The molecule has 1 aromatic carbocycles. The molecule has 1 fully saturated rings. The lowest BCUT2D eigenvalue weighted by Gasteiger charge is -2.28. The van der Waals surface area contributed by atoms with Crippen molar-refractivity contribution < 1.29 is 4.79 Å². The summed E-state index contributed by atoms with van der Waals surface area (Å²) in [6, 6.07) is 6.54. The second-order valence-corrected chi connectivity index (χ2v) is 6.37. The number of aromatic amines is 1. The van der Waals surface area contributed by atoms with E-state index < -0.39 is 0 Å². The number of H-pyrrole nitrogens is 1. The van der Waals surface area contributed by atoms with E-state index >= 15 is 0 Å². The van der Waals surface area contributed by atoms with Gasteiger partial charge < -0.3 is 15.2 Å². The van der Waals surface area contributed by atoms with E-state index in [9.17, 15) is 4.79 Å². The molecule has 4 heteroatoms. The number of fused-ring (bicyclic) bond motifs is 1. The normalized spacial score (nSPS) is 17.0. The first-order valence-electron chi connectivity index (χ1n) is 8.16. The molecule has 0 bridgehead atoms. The number of amides is 1. The van der Waals surface area contributed by atoms with Gasteiger partial charge in [0.15, 0.2) is 0 Å². The van der Waals surface area contributed by atoms with Gasteiger partial charge in [-0.15, -0.1) is 0 Å². The third kappa shape index (κ3) is 3.17. The van der Waals surface area contributed by atoms with Gasteiger partial charge in [-0.3, -0.25) is 4.79 Å². The molecule has 0 atom stereocenters. The van der Waals surface area contributed by atoms with Gasteiger partial charge in [0.25, 0.3) is 0 Å². The van der Waals surface area contributed by atoms with Gasteiger partial charge >= 0.3 is 0 Å². The predicted molar refractivity (Wildman–Crippen MR) is 90.2 cm³/mol. The third-order valence-electron chi connectivity index (χ3n) is 4.86. The average molecular weight is 299 g/mol. The lowest BCUT2D eigenvalue weighted by Crippen LogP contribution is -2.29. The third-order valence-corrected chi connectivity index (χ3v) is 4.86. The maximum absolute atomic E-state index is 11.4. The van der Waals surface area contributed by atoms with Crippen LogP contribution in [0, 0.1) is 0 Å². The minimum absolute atomic E-state index is 0.102. The molecule has 0 aliphatic carbocycles. The van der Waals surface area contributed by atoms with E-state index in [1.54, 1.807) is 7.05 Å². The molecule has 1 saturated heterocycles. The number of nitrogens with one attached hydrogen (secondary N) is 2. The highest BCUT2D eigenvalue weighted by atomic mass is 16.1. The summed E-state index contributed by atoms with van der Waals surface area (Å²) in [5.74, 6) is 0.754. The van der Waals surface area contributed by atoms with Gasteiger partial charge in [-0.1, -0.05) is 6.07 Å². The van der Waals surface area contributed by atoms with Crippen LogP contribution in [-0.2, 0) is 11.2 Å². The zero-order valence-electron chi connectivity index (χ0n) is 13.5. The van der Waals surface area contributed by atoms with Gasteiger partial charge in [-0.2, -0.15) is 0 Å². The number of carbonyl (C=O) groups is 1. The molecule has 2 heterocycles. The fourth-order valence-corrected chi connectivity index (χ4v) is 3.39. The van der Waals surface area contributed by atoms with E-state index in [1.165, 1.54) is 48.0 Å². The van der Waals surface area contributed by atoms with Gasteiger partial charge in [0, 0.05) is 30.6 Å². The van der Waals surface area contributed by atoms with Crippen LogP contribution in [0.2, 0.25) is 0 Å². The molecule has 3 rings (SSSR count). The fourth-order valence-electron chi connectivity index (χ4n) is 3.39. The Labute approximate surface area is 131 Å². The molecule has 118 valence electrons. The van der Waals surface area contributed by atoms with E-state index in [0.717, 1.165) is 6.42 Å². The Bertz CT molecular complexity index is 653. The number of hydrogen-bond acceptors (Lipinski definition) is 2. The highest BCUT2D eigenvalue weighted by Gasteiger charge is 2.21. The molecular weight excluding hydrogens is 274 g/mol. The van der Waals surface area contributed by atoms with Crippen molar-refractivity contribution in [3.05, 3.63) is 35.5 Å². The average Bonchev–Trinajstić information content (AvgIpc) is 2.96. The Balaban J connectivity index is 1.81. The summed E-state index contributed by atoms with van der Waals surface area (Å²) >= 11 is 0. The van der Waals surface area contributed by atoms with E-state index in [1.807, 2.05) is 0 Å². The van der Waals surface area contributed by atoms with Crippen LogP contribution in [0.3, 0.4) is 0 Å². The number of carbonyl (C=O) groups excluding carboxylic acids is 1. The lowest BCUT2D eigenvalue weighted by atomic mass is 9.89. The molecule has 2 aromatic rings. The van der Waals surface area contributed by atoms with Crippen LogP contribution >= 0.6 is 0 Å².